The van der Waals surface area contributed by atoms with Crippen molar-refractivity contribution in [3.8, 4) is 0 Å². The molecule has 116 valence electrons. The Bertz CT molecular complexity index is 514. The molecule has 1 heterocycles. The van der Waals surface area contributed by atoms with Crippen LogP contribution in [0, 0.1) is 23.0 Å². The van der Waals surface area contributed by atoms with Gasteiger partial charge in [0.2, 0.25) is 5.91 Å². The number of amides is 1. The van der Waals surface area contributed by atoms with E-state index in [1.807, 2.05) is 26.8 Å². The topological polar surface area (TPSA) is 72.2 Å². The number of nitro benzene ring substituents is 1. The fourth-order valence-corrected chi connectivity index (χ4v) is 2.51. The van der Waals surface area contributed by atoms with Gasteiger partial charge in [-0.15, -0.1) is 0 Å². The van der Waals surface area contributed by atoms with Crippen molar-refractivity contribution in [3.05, 3.63) is 39.4 Å². The third-order valence-electron chi connectivity index (χ3n) is 3.82. The average molecular weight is 292 g/mol. The van der Waals surface area contributed by atoms with Gasteiger partial charge in [0.05, 0.1) is 4.92 Å². The van der Waals surface area contributed by atoms with Crippen LogP contribution in [-0.4, -0.2) is 16.9 Å². The largest absolute Gasteiger partial charge is 0.353 e. The van der Waals surface area contributed by atoms with E-state index in [9.17, 15) is 14.9 Å². The van der Waals surface area contributed by atoms with Gasteiger partial charge >= 0.3 is 0 Å². The zero-order chi connectivity index (χ0) is 16.0. The number of hydrogen-bond donors (Lipinski definition) is 1. The lowest BCUT2D eigenvalue weighted by Crippen LogP contribution is -2.44. The first-order chi connectivity index (χ1) is 9.99. The van der Waals surface area contributed by atoms with Gasteiger partial charge in [-0.05, 0) is 31.7 Å². The van der Waals surface area contributed by atoms with Gasteiger partial charge in [-0.1, -0.05) is 32.9 Å². The molecule has 1 N–H and O–H groups in total. The van der Waals surface area contributed by atoms with E-state index in [1.165, 1.54) is 6.07 Å². The second-order valence-corrected chi connectivity index (χ2v) is 5.21. The van der Waals surface area contributed by atoms with Crippen LogP contribution in [0.15, 0.2) is 18.2 Å². The van der Waals surface area contributed by atoms with Crippen LogP contribution in [0.3, 0.4) is 0 Å². The Balaban J connectivity index is 0.00000106. The summed E-state index contributed by atoms with van der Waals surface area (Å²) in [5.41, 5.74) is 1.78. The highest BCUT2D eigenvalue weighted by atomic mass is 16.6. The first-order valence-electron chi connectivity index (χ1n) is 7.52. The van der Waals surface area contributed by atoms with E-state index in [4.69, 9.17) is 0 Å². The van der Waals surface area contributed by atoms with E-state index in [2.05, 4.69) is 5.32 Å². The van der Waals surface area contributed by atoms with Crippen molar-refractivity contribution in [1.82, 2.24) is 5.32 Å². The Labute approximate surface area is 125 Å². The molecule has 1 aliphatic rings. The standard InChI is InChI=1S/C14H18N2O3.C2H6/c1-9-6-7-12(15-14(9)17)8-11-4-3-5-13(10(11)2)16(18)19;1-2/h3-5,9,12H,6-8H2,1-2H3,(H,15,17);1-2H3. The lowest BCUT2D eigenvalue weighted by molar-refractivity contribution is -0.385. The molecular formula is C16H24N2O3. The number of hydrogen-bond acceptors (Lipinski definition) is 3. The molecule has 0 radical (unpaired) electrons. The Kier molecular flexibility index (Phi) is 6.34. The van der Waals surface area contributed by atoms with E-state index in [-0.39, 0.29) is 28.5 Å². The molecule has 0 bridgehead atoms. The minimum absolute atomic E-state index is 0.0717. The van der Waals surface area contributed by atoms with E-state index >= 15 is 0 Å². The molecular weight excluding hydrogens is 268 g/mol. The van der Waals surface area contributed by atoms with E-state index in [0.717, 1.165) is 18.4 Å². The molecule has 5 nitrogen and oxygen atoms in total. The predicted octanol–water partition coefficient (Wildman–Crippen LogP) is 3.39. The summed E-state index contributed by atoms with van der Waals surface area (Å²) in [5, 5.41) is 13.9. The van der Waals surface area contributed by atoms with Crippen LogP contribution in [0.4, 0.5) is 5.69 Å². The monoisotopic (exact) mass is 292 g/mol. The summed E-state index contributed by atoms with van der Waals surface area (Å²) in [6.45, 7) is 7.69. The zero-order valence-electron chi connectivity index (χ0n) is 13.2. The van der Waals surface area contributed by atoms with Gasteiger partial charge < -0.3 is 5.32 Å². The van der Waals surface area contributed by atoms with Crippen LogP contribution in [-0.2, 0) is 11.2 Å². The number of nitrogens with one attached hydrogen (secondary N) is 1. The molecule has 21 heavy (non-hydrogen) atoms. The predicted molar refractivity (Wildman–Crippen MR) is 83.2 cm³/mol. The van der Waals surface area contributed by atoms with Crippen LogP contribution >= 0.6 is 0 Å². The summed E-state index contributed by atoms with van der Waals surface area (Å²) in [6.07, 6.45) is 2.46. The molecule has 0 saturated carbocycles. The van der Waals surface area contributed by atoms with Crippen molar-refractivity contribution in [2.75, 3.05) is 0 Å². The van der Waals surface area contributed by atoms with Gasteiger partial charge in [0.15, 0.2) is 0 Å². The van der Waals surface area contributed by atoms with Crippen LogP contribution < -0.4 is 5.32 Å². The highest BCUT2D eigenvalue weighted by Crippen LogP contribution is 2.24. The maximum absolute atomic E-state index is 11.6. The highest BCUT2D eigenvalue weighted by Gasteiger charge is 2.25. The number of piperidine rings is 1. The Hall–Kier alpha value is -1.91. The summed E-state index contributed by atoms with van der Waals surface area (Å²) in [5.74, 6) is 0.154. The summed E-state index contributed by atoms with van der Waals surface area (Å²) < 4.78 is 0. The molecule has 2 unspecified atom stereocenters. The van der Waals surface area contributed by atoms with E-state index in [1.54, 1.807) is 13.0 Å². The summed E-state index contributed by atoms with van der Waals surface area (Å²) >= 11 is 0. The van der Waals surface area contributed by atoms with Crippen LogP contribution in [0.25, 0.3) is 0 Å². The molecule has 1 saturated heterocycles. The van der Waals surface area contributed by atoms with Crippen molar-refractivity contribution < 1.29 is 9.72 Å². The van der Waals surface area contributed by atoms with Crippen molar-refractivity contribution in [3.63, 3.8) is 0 Å². The fraction of sp³-hybridized carbons (Fsp3) is 0.562. The molecule has 1 fully saturated rings. The number of carbonyl (C=O) groups excluding carboxylic acids is 1. The SMILES string of the molecule is CC.Cc1c(CC2CCC(C)C(=O)N2)cccc1[N+](=O)[O-]. The molecule has 1 aromatic carbocycles. The first-order valence-corrected chi connectivity index (χ1v) is 7.52. The van der Waals surface area contributed by atoms with Crippen LogP contribution in [0.5, 0.6) is 0 Å². The second kappa shape index (κ2) is 7.76. The Morgan fingerprint density at radius 2 is 2.00 bits per heavy atom. The van der Waals surface area contributed by atoms with Crippen molar-refractivity contribution in [2.45, 2.75) is 53.0 Å². The Morgan fingerprint density at radius 3 is 2.57 bits per heavy atom. The van der Waals surface area contributed by atoms with Crippen LogP contribution in [0.1, 0.15) is 44.7 Å². The average Bonchev–Trinajstić information content (AvgIpc) is 2.47. The summed E-state index contributed by atoms with van der Waals surface area (Å²) in [4.78, 5) is 22.2. The van der Waals surface area contributed by atoms with Gasteiger partial charge in [-0.25, -0.2) is 0 Å². The lowest BCUT2D eigenvalue weighted by atomic mass is 9.90. The minimum atomic E-state index is -0.361. The van der Waals surface area contributed by atoms with Crippen LogP contribution in [0.2, 0.25) is 0 Å². The molecule has 1 aliphatic heterocycles. The zero-order valence-corrected chi connectivity index (χ0v) is 13.2. The third-order valence-corrected chi connectivity index (χ3v) is 3.82. The molecule has 1 aromatic rings. The van der Waals surface area contributed by atoms with Gasteiger partial charge in [-0.3, -0.25) is 14.9 Å². The molecule has 1 amide bonds. The van der Waals surface area contributed by atoms with Gasteiger partial charge in [0, 0.05) is 23.6 Å². The number of carbonyl (C=O) groups is 1. The van der Waals surface area contributed by atoms with Gasteiger partial charge in [0.1, 0.15) is 0 Å². The molecule has 0 aliphatic carbocycles. The lowest BCUT2D eigenvalue weighted by Gasteiger charge is -2.27. The molecule has 0 spiro atoms. The molecule has 0 aromatic heterocycles. The maximum atomic E-state index is 11.6. The fourth-order valence-electron chi connectivity index (χ4n) is 2.51. The van der Waals surface area contributed by atoms with Crippen molar-refractivity contribution in [2.24, 2.45) is 5.92 Å². The first kappa shape index (κ1) is 17.1. The quantitative estimate of drug-likeness (QED) is 0.685. The second-order valence-electron chi connectivity index (χ2n) is 5.21. The molecule has 2 rings (SSSR count). The number of benzene rings is 1. The minimum Gasteiger partial charge on any atom is -0.353 e. The molecule has 5 heteroatoms. The Morgan fingerprint density at radius 1 is 1.33 bits per heavy atom. The van der Waals surface area contributed by atoms with Crippen molar-refractivity contribution >= 4 is 11.6 Å². The summed E-state index contributed by atoms with van der Waals surface area (Å²) in [7, 11) is 0. The normalized spacial score (nSPS) is 21.0. The number of nitro groups is 1. The smallest absolute Gasteiger partial charge is 0.272 e. The third kappa shape index (κ3) is 4.28. The van der Waals surface area contributed by atoms with Crippen molar-refractivity contribution in [1.29, 1.82) is 0 Å². The van der Waals surface area contributed by atoms with E-state index in [0.29, 0.717) is 12.0 Å². The maximum Gasteiger partial charge on any atom is 0.272 e. The summed E-state index contributed by atoms with van der Waals surface area (Å²) in [6, 6.07) is 5.20. The molecule has 2 atom stereocenters. The van der Waals surface area contributed by atoms with Gasteiger partial charge in [-0.2, -0.15) is 0 Å². The number of nitrogens with zero attached hydrogens (tertiary/aromatic N) is 1. The van der Waals surface area contributed by atoms with Gasteiger partial charge in [0.25, 0.3) is 5.69 Å². The number of rotatable bonds is 3. The van der Waals surface area contributed by atoms with E-state index < -0.39 is 0 Å². The highest BCUT2D eigenvalue weighted by molar-refractivity contribution is 5.79.